The Balaban J connectivity index is 2.19. The predicted molar refractivity (Wildman–Crippen MR) is 78.2 cm³/mol. The summed E-state index contributed by atoms with van der Waals surface area (Å²) in [6, 6.07) is 9.13. The van der Waals surface area contributed by atoms with E-state index in [1.165, 1.54) is 6.07 Å². The maximum atomic E-state index is 13.2. The van der Waals surface area contributed by atoms with Crippen molar-refractivity contribution in [2.75, 3.05) is 14.2 Å². The number of benzene rings is 2. The molecule has 0 fully saturated rings. The Morgan fingerprint density at radius 2 is 1.67 bits per heavy atom. The average Bonchev–Trinajstić information content (AvgIpc) is 2.50. The summed E-state index contributed by atoms with van der Waals surface area (Å²) < 4.78 is 36.5. The molecule has 0 aliphatic carbocycles. The van der Waals surface area contributed by atoms with Crippen molar-refractivity contribution >= 4 is 11.6 Å². The third-order valence-corrected chi connectivity index (χ3v) is 3.57. The van der Waals surface area contributed by atoms with Crippen LogP contribution in [0.15, 0.2) is 36.4 Å². The Kier molecular flexibility index (Phi) is 5.02. The molecule has 0 aliphatic rings. The van der Waals surface area contributed by atoms with Crippen molar-refractivity contribution in [2.24, 2.45) is 0 Å². The van der Waals surface area contributed by atoms with Gasteiger partial charge in [0.2, 0.25) is 0 Å². The van der Waals surface area contributed by atoms with Crippen molar-refractivity contribution in [1.82, 2.24) is 0 Å². The van der Waals surface area contributed by atoms with Crippen LogP contribution in [0, 0.1) is 11.6 Å². The van der Waals surface area contributed by atoms with Gasteiger partial charge in [-0.05, 0) is 41.8 Å². The fourth-order valence-corrected chi connectivity index (χ4v) is 2.35. The first-order valence-electron chi connectivity index (χ1n) is 6.35. The summed E-state index contributed by atoms with van der Waals surface area (Å²) in [5, 5.41) is -0.380. The van der Waals surface area contributed by atoms with Crippen molar-refractivity contribution in [3.8, 4) is 11.5 Å². The van der Waals surface area contributed by atoms with Crippen LogP contribution < -0.4 is 9.47 Å². The molecule has 112 valence electrons. The summed E-state index contributed by atoms with van der Waals surface area (Å²) in [7, 11) is 3.09. The average molecular weight is 313 g/mol. The fraction of sp³-hybridized carbons (Fsp3) is 0.250. The lowest BCUT2D eigenvalue weighted by Gasteiger charge is -2.13. The minimum atomic E-state index is -0.872. The SMILES string of the molecule is COc1ccc(C(Cl)Cc2ccc(F)c(F)c2)cc1OC. The molecule has 0 N–H and O–H groups in total. The minimum Gasteiger partial charge on any atom is -0.493 e. The third-order valence-electron chi connectivity index (χ3n) is 3.17. The normalized spacial score (nSPS) is 12.0. The highest BCUT2D eigenvalue weighted by atomic mass is 35.5. The zero-order valence-electron chi connectivity index (χ0n) is 11.7. The van der Waals surface area contributed by atoms with Gasteiger partial charge in [-0.15, -0.1) is 11.6 Å². The molecule has 0 spiro atoms. The van der Waals surface area contributed by atoms with Gasteiger partial charge in [-0.3, -0.25) is 0 Å². The van der Waals surface area contributed by atoms with E-state index < -0.39 is 11.6 Å². The molecule has 0 aromatic heterocycles. The number of rotatable bonds is 5. The third kappa shape index (κ3) is 3.64. The summed E-state index contributed by atoms with van der Waals surface area (Å²) in [6.45, 7) is 0. The molecule has 0 bridgehead atoms. The van der Waals surface area contributed by atoms with E-state index in [2.05, 4.69) is 0 Å². The highest BCUT2D eigenvalue weighted by molar-refractivity contribution is 6.21. The predicted octanol–water partition coefficient (Wildman–Crippen LogP) is 4.50. The second kappa shape index (κ2) is 6.76. The largest absolute Gasteiger partial charge is 0.493 e. The number of methoxy groups -OCH3 is 2. The van der Waals surface area contributed by atoms with E-state index in [1.54, 1.807) is 26.4 Å². The lowest BCUT2D eigenvalue weighted by molar-refractivity contribution is 0.354. The molecule has 1 unspecified atom stereocenters. The van der Waals surface area contributed by atoms with E-state index in [0.29, 0.717) is 23.5 Å². The first kappa shape index (κ1) is 15.6. The summed E-state index contributed by atoms with van der Waals surface area (Å²) in [5.74, 6) is -0.552. The van der Waals surface area contributed by atoms with Crippen LogP contribution in [0.3, 0.4) is 0 Å². The Morgan fingerprint density at radius 3 is 2.29 bits per heavy atom. The Bertz CT molecular complexity index is 632. The van der Waals surface area contributed by atoms with Gasteiger partial charge in [0.25, 0.3) is 0 Å². The molecule has 2 aromatic rings. The van der Waals surface area contributed by atoms with Crippen LogP contribution >= 0.6 is 11.6 Å². The molecule has 2 aromatic carbocycles. The topological polar surface area (TPSA) is 18.5 Å². The highest BCUT2D eigenvalue weighted by Gasteiger charge is 2.14. The second-order valence-electron chi connectivity index (χ2n) is 4.53. The van der Waals surface area contributed by atoms with Crippen molar-refractivity contribution in [3.63, 3.8) is 0 Å². The summed E-state index contributed by atoms with van der Waals surface area (Å²) >= 11 is 6.34. The van der Waals surface area contributed by atoms with Crippen LogP contribution in [0.1, 0.15) is 16.5 Å². The number of hydrogen-bond donors (Lipinski definition) is 0. The van der Waals surface area contributed by atoms with E-state index in [1.807, 2.05) is 6.07 Å². The molecular weight excluding hydrogens is 298 g/mol. The van der Waals surface area contributed by atoms with E-state index in [9.17, 15) is 8.78 Å². The number of hydrogen-bond acceptors (Lipinski definition) is 2. The quantitative estimate of drug-likeness (QED) is 0.757. The summed E-state index contributed by atoms with van der Waals surface area (Å²) in [6.07, 6.45) is 0.383. The first-order valence-corrected chi connectivity index (χ1v) is 6.78. The molecule has 1 atom stereocenters. The van der Waals surface area contributed by atoms with Gasteiger partial charge in [-0.1, -0.05) is 12.1 Å². The molecular formula is C16H15ClF2O2. The Morgan fingerprint density at radius 1 is 0.952 bits per heavy atom. The van der Waals surface area contributed by atoms with Crippen molar-refractivity contribution < 1.29 is 18.3 Å². The number of halogens is 3. The standard InChI is InChI=1S/C16H15ClF2O2/c1-20-15-6-4-11(9-16(15)21-2)12(17)7-10-3-5-13(18)14(19)8-10/h3-6,8-9,12H,7H2,1-2H3. The van der Waals surface area contributed by atoms with Gasteiger partial charge in [-0.2, -0.15) is 0 Å². The molecule has 0 saturated carbocycles. The van der Waals surface area contributed by atoms with E-state index in [-0.39, 0.29) is 5.38 Å². The zero-order valence-corrected chi connectivity index (χ0v) is 12.5. The maximum absolute atomic E-state index is 13.2. The molecule has 2 nitrogen and oxygen atoms in total. The molecule has 0 saturated heterocycles. The van der Waals surface area contributed by atoms with Crippen molar-refractivity contribution in [1.29, 1.82) is 0 Å². The van der Waals surface area contributed by atoms with Gasteiger partial charge in [0.05, 0.1) is 19.6 Å². The monoisotopic (exact) mass is 312 g/mol. The van der Waals surface area contributed by atoms with Crippen LogP contribution in [0.5, 0.6) is 11.5 Å². The minimum absolute atomic E-state index is 0.380. The van der Waals surface area contributed by atoms with Crippen LogP contribution in [-0.4, -0.2) is 14.2 Å². The molecule has 0 amide bonds. The molecule has 0 aliphatic heterocycles. The maximum Gasteiger partial charge on any atom is 0.161 e. The molecule has 5 heteroatoms. The van der Waals surface area contributed by atoms with E-state index in [0.717, 1.165) is 17.7 Å². The van der Waals surface area contributed by atoms with Crippen LogP contribution in [0.4, 0.5) is 8.78 Å². The number of alkyl halides is 1. The van der Waals surface area contributed by atoms with Crippen LogP contribution in [-0.2, 0) is 6.42 Å². The van der Waals surface area contributed by atoms with E-state index >= 15 is 0 Å². The Labute approximate surface area is 127 Å². The molecule has 2 rings (SSSR count). The lowest BCUT2D eigenvalue weighted by Crippen LogP contribution is -1.99. The zero-order chi connectivity index (χ0) is 15.4. The smallest absolute Gasteiger partial charge is 0.161 e. The van der Waals surface area contributed by atoms with Gasteiger partial charge in [0.15, 0.2) is 23.1 Å². The molecule has 0 heterocycles. The Hall–Kier alpha value is -1.81. The van der Waals surface area contributed by atoms with Gasteiger partial charge in [-0.25, -0.2) is 8.78 Å². The summed E-state index contributed by atoms with van der Waals surface area (Å²) in [5.41, 5.74) is 1.45. The fourth-order valence-electron chi connectivity index (χ4n) is 2.04. The second-order valence-corrected chi connectivity index (χ2v) is 5.06. The van der Waals surface area contributed by atoms with Gasteiger partial charge < -0.3 is 9.47 Å². The molecule has 0 radical (unpaired) electrons. The van der Waals surface area contributed by atoms with Gasteiger partial charge in [0.1, 0.15) is 0 Å². The first-order chi connectivity index (χ1) is 10.0. The van der Waals surface area contributed by atoms with E-state index in [4.69, 9.17) is 21.1 Å². The highest BCUT2D eigenvalue weighted by Crippen LogP contribution is 2.33. The van der Waals surface area contributed by atoms with Crippen LogP contribution in [0.2, 0.25) is 0 Å². The molecule has 21 heavy (non-hydrogen) atoms. The lowest BCUT2D eigenvalue weighted by atomic mass is 10.0. The van der Waals surface area contributed by atoms with Gasteiger partial charge >= 0.3 is 0 Å². The van der Waals surface area contributed by atoms with Crippen molar-refractivity contribution in [3.05, 3.63) is 59.2 Å². The number of ether oxygens (including phenoxy) is 2. The summed E-state index contributed by atoms with van der Waals surface area (Å²) in [4.78, 5) is 0. The van der Waals surface area contributed by atoms with Gasteiger partial charge in [0, 0.05) is 0 Å². The van der Waals surface area contributed by atoms with Crippen molar-refractivity contribution in [2.45, 2.75) is 11.8 Å². The van der Waals surface area contributed by atoms with Crippen LogP contribution in [0.25, 0.3) is 0 Å².